The summed E-state index contributed by atoms with van der Waals surface area (Å²) in [5.74, 6) is 0. The van der Waals surface area contributed by atoms with Gasteiger partial charge in [-0.1, -0.05) is 6.92 Å². The van der Waals surface area contributed by atoms with E-state index in [-0.39, 0.29) is 51.4 Å². The van der Waals surface area contributed by atoms with Crippen molar-refractivity contribution in [2.45, 2.75) is 20.3 Å². The fraction of sp³-hybridized carbons (Fsp3) is 0.750. The van der Waals surface area contributed by atoms with Gasteiger partial charge in [-0.3, -0.25) is 0 Å². The fourth-order valence-electron chi connectivity index (χ4n) is 0. The minimum absolute atomic E-state index is 0. The van der Waals surface area contributed by atoms with Gasteiger partial charge in [-0.25, -0.2) is 0 Å². The van der Waals surface area contributed by atoms with Crippen LogP contribution in [0.15, 0.2) is 0 Å². The molecule has 0 N–H and O–H groups in total. The molecule has 0 aliphatic carbocycles. The van der Waals surface area contributed by atoms with Crippen LogP contribution >= 0.6 is 0 Å². The van der Waals surface area contributed by atoms with Crippen molar-refractivity contribution in [1.82, 2.24) is 0 Å². The summed E-state index contributed by atoms with van der Waals surface area (Å²) < 4.78 is 0. The minimum Gasteiger partial charge on any atom is -0.332 e. The molecule has 0 unspecified atom stereocenters. The van der Waals surface area contributed by atoms with Gasteiger partial charge in [-0.15, -0.1) is 0 Å². The maximum absolute atomic E-state index is 2.12. The molecule has 0 spiro atoms. The van der Waals surface area contributed by atoms with Crippen LogP contribution in [0.2, 0.25) is 0 Å². The predicted molar refractivity (Wildman–Crippen MR) is 20.3 cm³/mol. The SMILES string of the molecule is C[CH-]CC.[K+]. The summed E-state index contributed by atoms with van der Waals surface area (Å²) >= 11 is 0. The number of hydrogen-bond donors (Lipinski definition) is 0. The van der Waals surface area contributed by atoms with E-state index in [2.05, 4.69) is 20.3 Å². The minimum atomic E-state index is 0. The van der Waals surface area contributed by atoms with E-state index in [1.807, 2.05) is 0 Å². The van der Waals surface area contributed by atoms with Gasteiger partial charge in [0.25, 0.3) is 0 Å². The van der Waals surface area contributed by atoms with Gasteiger partial charge in [0.05, 0.1) is 0 Å². The van der Waals surface area contributed by atoms with E-state index in [4.69, 9.17) is 0 Å². The van der Waals surface area contributed by atoms with Crippen molar-refractivity contribution in [1.29, 1.82) is 0 Å². The molecular formula is C4H9K. The summed E-state index contributed by atoms with van der Waals surface area (Å²) in [5, 5.41) is 0. The van der Waals surface area contributed by atoms with Crippen LogP contribution < -0.4 is 51.4 Å². The maximum Gasteiger partial charge on any atom is 1.00 e. The molecular weight excluding hydrogens is 87.1 g/mol. The molecule has 0 aromatic carbocycles. The van der Waals surface area contributed by atoms with Gasteiger partial charge < -0.3 is 6.42 Å². The molecule has 0 aromatic rings. The first-order valence-corrected chi connectivity index (χ1v) is 1.69. The van der Waals surface area contributed by atoms with Crippen molar-refractivity contribution in [2.75, 3.05) is 0 Å². The summed E-state index contributed by atoms with van der Waals surface area (Å²) in [5.41, 5.74) is 0. The zero-order valence-corrected chi connectivity index (χ0v) is 7.41. The zero-order valence-electron chi connectivity index (χ0n) is 4.28. The van der Waals surface area contributed by atoms with Crippen molar-refractivity contribution >= 4 is 0 Å². The van der Waals surface area contributed by atoms with E-state index in [0.29, 0.717) is 0 Å². The standard InChI is InChI=1S/C4H9.K/c1-3-4-2;/h3H,4H2,1-2H3;/q-1;+1. The average molecular weight is 96.2 g/mol. The Bertz CT molecular complexity index is 5.61. The number of unbranched alkanes of at least 4 members (excludes halogenated alkanes) is 1. The van der Waals surface area contributed by atoms with Gasteiger partial charge in [0.2, 0.25) is 0 Å². The molecule has 0 aliphatic rings. The first kappa shape index (κ1) is 9.81. The fourth-order valence-corrected chi connectivity index (χ4v) is 0. The topological polar surface area (TPSA) is 0 Å². The van der Waals surface area contributed by atoms with Crippen molar-refractivity contribution in [3.8, 4) is 0 Å². The molecule has 0 aliphatic heterocycles. The molecule has 0 aromatic heterocycles. The second kappa shape index (κ2) is 9.16. The Morgan fingerprint density at radius 2 is 1.80 bits per heavy atom. The molecule has 0 saturated heterocycles. The van der Waals surface area contributed by atoms with Crippen LogP contribution in [0.3, 0.4) is 0 Å². The molecule has 0 saturated carbocycles. The summed E-state index contributed by atoms with van der Waals surface area (Å²) in [7, 11) is 0. The number of hydrogen-bond acceptors (Lipinski definition) is 0. The van der Waals surface area contributed by atoms with Crippen LogP contribution in [0.4, 0.5) is 0 Å². The largest absolute Gasteiger partial charge is 1.00 e. The quantitative estimate of drug-likeness (QED) is 0.279. The van der Waals surface area contributed by atoms with E-state index in [1.54, 1.807) is 0 Å². The van der Waals surface area contributed by atoms with Crippen molar-refractivity contribution in [3.05, 3.63) is 6.42 Å². The van der Waals surface area contributed by atoms with Crippen LogP contribution in [-0.2, 0) is 0 Å². The maximum atomic E-state index is 2.12. The molecule has 0 heterocycles. The first-order valence-electron chi connectivity index (χ1n) is 1.69. The van der Waals surface area contributed by atoms with Crippen molar-refractivity contribution in [2.24, 2.45) is 0 Å². The summed E-state index contributed by atoms with van der Waals surface area (Å²) in [4.78, 5) is 0. The van der Waals surface area contributed by atoms with Crippen LogP contribution in [-0.4, -0.2) is 0 Å². The number of rotatable bonds is 1. The third-order valence-electron chi connectivity index (χ3n) is 0.408. The molecule has 26 valence electrons. The zero-order chi connectivity index (χ0) is 3.41. The van der Waals surface area contributed by atoms with E-state index < -0.39 is 0 Å². The molecule has 0 nitrogen and oxygen atoms in total. The van der Waals surface area contributed by atoms with Crippen LogP contribution in [0.25, 0.3) is 0 Å². The Morgan fingerprint density at radius 3 is 1.80 bits per heavy atom. The van der Waals surface area contributed by atoms with Gasteiger partial charge in [0.1, 0.15) is 0 Å². The monoisotopic (exact) mass is 96.0 g/mol. The van der Waals surface area contributed by atoms with E-state index in [0.717, 1.165) is 0 Å². The predicted octanol–water partition coefficient (Wildman–Crippen LogP) is -1.38. The Kier molecular flexibility index (Phi) is 18.0. The van der Waals surface area contributed by atoms with Crippen LogP contribution in [0.1, 0.15) is 20.3 Å². The van der Waals surface area contributed by atoms with Gasteiger partial charge in [-0.05, 0) is 0 Å². The van der Waals surface area contributed by atoms with Crippen molar-refractivity contribution < 1.29 is 51.4 Å². The van der Waals surface area contributed by atoms with E-state index in [9.17, 15) is 0 Å². The third-order valence-corrected chi connectivity index (χ3v) is 0.408. The summed E-state index contributed by atoms with van der Waals surface area (Å²) in [6, 6.07) is 0. The molecule has 5 heavy (non-hydrogen) atoms. The molecule has 0 bridgehead atoms. The van der Waals surface area contributed by atoms with E-state index >= 15 is 0 Å². The third kappa shape index (κ3) is 10.7. The molecule has 0 amide bonds. The first-order chi connectivity index (χ1) is 1.91. The molecule has 0 atom stereocenters. The second-order valence-corrected chi connectivity index (χ2v) is 0.816. The molecule has 0 radical (unpaired) electrons. The summed E-state index contributed by atoms with van der Waals surface area (Å²) in [6.07, 6.45) is 3.32. The molecule has 1 heteroatoms. The van der Waals surface area contributed by atoms with Crippen LogP contribution in [0, 0.1) is 6.42 Å². The second-order valence-electron chi connectivity index (χ2n) is 0.816. The smallest absolute Gasteiger partial charge is 0.332 e. The Hall–Kier alpha value is 1.64. The Labute approximate surface area is 76.8 Å². The van der Waals surface area contributed by atoms with Gasteiger partial charge in [-0.2, -0.15) is 13.3 Å². The molecule has 0 rings (SSSR count). The van der Waals surface area contributed by atoms with Gasteiger partial charge in [0.15, 0.2) is 0 Å². The van der Waals surface area contributed by atoms with Crippen LogP contribution in [0.5, 0.6) is 0 Å². The van der Waals surface area contributed by atoms with Gasteiger partial charge >= 0.3 is 51.4 Å². The Balaban J connectivity index is 0. The summed E-state index contributed by atoms with van der Waals surface area (Å²) in [6.45, 7) is 4.18. The average Bonchev–Trinajstić information content (AvgIpc) is 1.37. The van der Waals surface area contributed by atoms with E-state index in [1.165, 1.54) is 6.42 Å². The van der Waals surface area contributed by atoms with Crippen molar-refractivity contribution in [3.63, 3.8) is 0 Å². The van der Waals surface area contributed by atoms with Gasteiger partial charge in [0, 0.05) is 0 Å². The Morgan fingerprint density at radius 1 is 1.60 bits per heavy atom. The molecule has 0 fully saturated rings. The normalized spacial score (nSPS) is 6.00.